The molecular formula is C54H101NO18. The fraction of sp³-hybridized carbons (Fsp3) is 0.944. The van der Waals surface area contributed by atoms with Gasteiger partial charge in [0.05, 0.1) is 38.6 Å². The number of unbranched alkanes of at least 4 members (excludes halogenated alkanes) is 25. The molecule has 0 saturated carbocycles. The van der Waals surface area contributed by atoms with Crippen LogP contribution in [0.15, 0.2) is 12.2 Å². The number of allylic oxidation sites excluding steroid dienone is 1. The summed E-state index contributed by atoms with van der Waals surface area (Å²) >= 11 is 0. The van der Waals surface area contributed by atoms with Crippen LogP contribution in [0.3, 0.4) is 0 Å². The number of aliphatic hydroxyl groups is 11. The van der Waals surface area contributed by atoms with E-state index in [1.54, 1.807) is 6.08 Å². The Morgan fingerprint density at radius 1 is 0.479 bits per heavy atom. The normalized spacial score (nSPS) is 31.8. The molecule has 0 aromatic rings. The molecule has 3 fully saturated rings. The number of nitrogens with one attached hydrogen (secondary N) is 1. The van der Waals surface area contributed by atoms with Gasteiger partial charge in [-0.15, -0.1) is 0 Å². The first kappa shape index (κ1) is 65.8. The third-order valence-electron chi connectivity index (χ3n) is 14.6. The number of ether oxygens (including phenoxy) is 6. The largest absolute Gasteiger partial charge is 0.394 e. The van der Waals surface area contributed by atoms with E-state index in [9.17, 15) is 61.0 Å². The molecule has 0 aromatic heterocycles. The molecule has 0 aromatic carbocycles. The Morgan fingerprint density at radius 2 is 0.849 bits per heavy atom. The average molecular weight is 1050 g/mol. The second kappa shape index (κ2) is 39.0. The van der Waals surface area contributed by atoms with Gasteiger partial charge in [-0.3, -0.25) is 4.79 Å². The van der Waals surface area contributed by atoms with Crippen molar-refractivity contribution in [1.29, 1.82) is 0 Å². The van der Waals surface area contributed by atoms with E-state index in [1.807, 2.05) is 6.08 Å². The van der Waals surface area contributed by atoms with Gasteiger partial charge in [0.2, 0.25) is 5.91 Å². The second-order valence-corrected chi connectivity index (χ2v) is 20.8. The predicted octanol–water partition coefficient (Wildman–Crippen LogP) is 3.82. The maximum atomic E-state index is 13.2. The molecule has 19 heteroatoms. The molecule has 17 unspecified atom stereocenters. The highest BCUT2D eigenvalue weighted by atomic mass is 16.8. The zero-order valence-electron chi connectivity index (χ0n) is 44.4. The molecule has 12 N–H and O–H groups in total. The van der Waals surface area contributed by atoms with E-state index < -0.39 is 124 Å². The highest BCUT2D eigenvalue weighted by molar-refractivity contribution is 5.76. The van der Waals surface area contributed by atoms with Gasteiger partial charge in [-0.2, -0.15) is 0 Å². The minimum absolute atomic E-state index is 0.246. The zero-order chi connectivity index (χ0) is 53.4. The standard InChI is InChI=1S/C54H101NO18/c1-3-5-7-9-11-13-14-15-16-17-18-19-20-21-22-23-24-25-27-29-31-38(59)37(55-42(60)32-30-28-26-12-10-8-6-4-2)36-68-52-48(66)45(63)50(40(34-57)70-52)73-54-49(67)46(64)51(41(35-58)71-54)72-53-47(65)44(62)43(61)39(33-56)69-53/h29,31,37-41,43-54,56-59,61-67H,3-28,30,32-36H2,1-2H3,(H,55,60)/b31-29+. The minimum Gasteiger partial charge on any atom is -0.394 e. The summed E-state index contributed by atoms with van der Waals surface area (Å²) < 4.78 is 34.1. The smallest absolute Gasteiger partial charge is 0.220 e. The van der Waals surface area contributed by atoms with Gasteiger partial charge in [-0.1, -0.05) is 180 Å². The Kier molecular flexibility index (Phi) is 35.1. The maximum absolute atomic E-state index is 13.2. The average Bonchev–Trinajstić information content (AvgIpc) is 3.39. The lowest BCUT2D eigenvalue weighted by Crippen LogP contribution is -2.66. The maximum Gasteiger partial charge on any atom is 0.220 e. The summed E-state index contributed by atoms with van der Waals surface area (Å²) in [4.78, 5) is 13.2. The van der Waals surface area contributed by atoms with Crippen molar-refractivity contribution in [3.8, 4) is 0 Å². The fourth-order valence-corrected chi connectivity index (χ4v) is 9.84. The topological polar surface area (TPSA) is 307 Å². The van der Waals surface area contributed by atoms with Crippen LogP contribution >= 0.6 is 0 Å². The first-order chi connectivity index (χ1) is 35.3. The van der Waals surface area contributed by atoms with Gasteiger partial charge in [-0.05, 0) is 19.3 Å². The number of hydrogen-bond acceptors (Lipinski definition) is 18. The van der Waals surface area contributed by atoms with Crippen molar-refractivity contribution in [2.24, 2.45) is 0 Å². The van der Waals surface area contributed by atoms with E-state index >= 15 is 0 Å². The SMILES string of the molecule is CCCCCCCCCCCCCCCCCCCC/C=C/C(O)C(COC1OC(CO)C(OC2OC(CO)C(OC3OC(CO)C(O)C(O)C3O)C(O)C2O)C(O)C1O)NC(=O)CCCCCCCCCC. The molecular weight excluding hydrogens is 951 g/mol. The van der Waals surface area contributed by atoms with Gasteiger partial charge < -0.3 is 89.9 Å². The van der Waals surface area contributed by atoms with Crippen molar-refractivity contribution in [3.63, 3.8) is 0 Å². The van der Waals surface area contributed by atoms with Crippen LogP contribution in [0.1, 0.15) is 194 Å². The predicted molar refractivity (Wildman–Crippen MR) is 273 cm³/mol. The van der Waals surface area contributed by atoms with Crippen LogP contribution in [0.25, 0.3) is 0 Å². The van der Waals surface area contributed by atoms with E-state index in [1.165, 1.54) is 122 Å². The molecule has 3 aliphatic heterocycles. The number of aliphatic hydroxyl groups excluding tert-OH is 11. The summed E-state index contributed by atoms with van der Waals surface area (Å²) in [6, 6.07) is -0.964. The van der Waals surface area contributed by atoms with Crippen LogP contribution in [-0.2, 0) is 33.2 Å². The van der Waals surface area contributed by atoms with E-state index in [0.717, 1.165) is 44.9 Å². The van der Waals surface area contributed by atoms with Crippen LogP contribution in [0.5, 0.6) is 0 Å². The fourth-order valence-electron chi connectivity index (χ4n) is 9.84. The summed E-state index contributed by atoms with van der Waals surface area (Å²) in [5.41, 5.74) is 0. The number of carbonyl (C=O) groups is 1. The summed E-state index contributed by atoms with van der Waals surface area (Å²) in [6.45, 7) is 1.68. The number of rotatable bonds is 41. The van der Waals surface area contributed by atoms with E-state index in [2.05, 4.69) is 19.2 Å². The third kappa shape index (κ3) is 24.0. The van der Waals surface area contributed by atoms with Gasteiger partial charge in [-0.25, -0.2) is 0 Å². The highest BCUT2D eigenvalue weighted by Crippen LogP contribution is 2.33. The van der Waals surface area contributed by atoms with Gasteiger partial charge >= 0.3 is 0 Å². The van der Waals surface area contributed by atoms with Crippen molar-refractivity contribution < 1.29 is 89.4 Å². The van der Waals surface area contributed by atoms with Crippen LogP contribution in [0.2, 0.25) is 0 Å². The van der Waals surface area contributed by atoms with E-state index in [0.29, 0.717) is 6.42 Å². The van der Waals surface area contributed by atoms with E-state index in [-0.39, 0.29) is 18.9 Å². The molecule has 19 nitrogen and oxygen atoms in total. The molecule has 1 amide bonds. The van der Waals surface area contributed by atoms with Crippen molar-refractivity contribution >= 4 is 5.91 Å². The Labute approximate surface area is 436 Å². The number of amides is 1. The summed E-state index contributed by atoms with van der Waals surface area (Å²) in [5, 5.41) is 120. The zero-order valence-corrected chi connectivity index (χ0v) is 44.4. The van der Waals surface area contributed by atoms with Crippen LogP contribution in [0, 0.1) is 0 Å². The van der Waals surface area contributed by atoms with Gasteiger partial charge in [0.1, 0.15) is 73.2 Å². The quantitative estimate of drug-likeness (QED) is 0.0306. The molecule has 0 spiro atoms. The lowest BCUT2D eigenvalue weighted by Gasteiger charge is -2.48. The van der Waals surface area contributed by atoms with Gasteiger partial charge in [0.25, 0.3) is 0 Å². The molecule has 3 saturated heterocycles. The van der Waals surface area contributed by atoms with Crippen LogP contribution < -0.4 is 5.32 Å². The third-order valence-corrected chi connectivity index (χ3v) is 14.6. The summed E-state index contributed by atoms with van der Waals surface area (Å²) in [5.74, 6) is -0.280. The van der Waals surface area contributed by atoms with Crippen molar-refractivity contribution in [3.05, 3.63) is 12.2 Å². The van der Waals surface area contributed by atoms with Gasteiger partial charge in [0, 0.05) is 6.42 Å². The Balaban J connectivity index is 1.49. The van der Waals surface area contributed by atoms with Crippen LogP contribution in [-0.4, -0.2) is 193 Å². The number of hydrogen-bond donors (Lipinski definition) is 12. The molecule has 0 bridgehead atoms. The Morgan fingerprint density at radius 3 is 1.29 bits per heavy atom. The molecule has 73 heavy (non-hydrogen) atoms. The molecule has 3 aliphatic rings. The number of carbonyl (C=O) groups excluding carboxylic acids is 1. The molecule has 430 valence electrons. The first-order valence-corrected chi connectivity index (χ1v) is 28.4. The van der Waals surface area contributed by atoms with Crippen molar-refractivity contribution in [2.75, 3.05) is 26.4 Å². The van der Waals surface area contributed by atoms with Crippen molar-refractivity contribution in [2.45, 2.75) is 298 Å². The lowest BCUT2D eigenvalue weighted by molar-refractivity contribution is -0.379. The molecule has 3 rings (SSSR count). The molecule has 3 heterocycles. The summed E-state index contributed by atoms with van der Waals surface area (Å²) in [7, 11) is 0. The minimum atomic E-state index is -1.97. The first-order valence-electron chi connectivity index (χ1n) is 28.4. The Hall–Kier alpha value is -1.47. The van der Waals surface area contributed by atoms with E-state index in [4.69, 9.17) is 28.4 Å². The van der Waals surface area contributed by atoms with Crippen molar-refractivity contribution in [1.82, 2.24) is 5.32 Å². The summed E-state index contributed by atoms with van der Waals surface area (Å²) in [6.07, 6.45) is 9.42. The molecule has 0 aliphatic carbocycles. The Bertz CT molecular complexity index is 1400. The molecule has 17 atom stereocenters. The molecule has 0 radical (unpaired) electrons. The monoisotopic (exact) mass is 1050 g/mol. The lowest BCUT2D eigenvalue weighted by atomic mass is 9.96. The second-order valence-electron chi connectivity index (χ2n) is 20.8. The van der Waals surface area contributed by atoms with Gasteiger partial charge in [0.15, 0.2) is 18.9 Å². The highest BCUT2D eigenvalue weighted by Gasteiger charge is 2.53. The van der Waals surface area contributed by atoms with Crippen LogP contribution in [0.4, 0.5) is 0 Å².